The average molecular weight is 766 g/mol. The van der Waals surface area contributed by atoms with E-state index in [1.54, 1.807) is 0 Å². The molecule has 0 saturated heterocycles. The van der Waals surface area contributed by atoms with Crippen LogP contribution in [0.1, 0.15) is 168 Å². The van der Waals surface area contributed by atoms with Gasteiger partial charge in [0.1, 0.15) is 14.2 Å². The van der Waals surface area contributed by atoms with E-state index in [1.165, 1.54) is 51.4 Å². The lowest BCUT2D eigenvalue weighted by atomic mass is 10.1. The molecule has 0 heterocycles. The number of nitrogens with zero attached hydrogens (tertiary/aromatic N) is 1. The highest BCUT2D eigenvalue weighted by Crippen LogP contribution is 2.37. The van der Waals surface area contributed by atoms with Crippen LogP contribution in [0.5, 0.6) is 0 Å². The van der Waals surface area contributed by atoms with Crippen LogP contribution in [0.15, 0.2) is 48.6 Å². The van der Waals surface area contributed by atoms with Crippen molar-refractivity contribution in [2.24, 2.45) is 0 Å². The van der Waals surface area contributed by atoms with Crippen LogP contribution in [-0.4, -0.2) is 69.6 Å². The van der Waals surface area contributed by atoms with E-state index in [-0.39, 0.29) is 38.2 Å². The monoisotopic (exact) mass is 766 g/mol. The Bertz CT molecular complexity index is 1050. The van der Waals surface area contributed by atoms with E-state index in [9.17, 15) is 19.0 Å². The zero-order valence-electron chi connectivity index (χ0n) is 34.7. The molecule has 0 spiro atoms. The number of rotatable bonds is 37. The maximum atomic E-state index is 12.7. The summed E-state index contributed by atoms with van der Waals surface area (Å²) in [5, 5.41) is 0. The molecule has 0 aliphatic heterocycles. The first-order chi connectivity index (χ1) is 25.5. The molecular weight excluding hydrogens is 685 g/mol. The summed E-state index contributed by atoms with van der Waals surface area (Å²) in [6.45, 7) is 4.26. The van der Waals surface area contributed by atoms with Gasteiger partial charge in [-0.05, 0) is 77.0 Å². The summed E-state index contributed by atoms with van der Waals surface area (Å²) in [7, 11) is 1.58. The lowest BCUT2D eigenvalue weighted by molar-refractivity contribution is -0.868. The van der Waals surface area contributed by atoms with Crippen molar-refractivity contribution in [1.82, 2.24) is 0 Å². The number of hydrogen-bond donors (Lipinski definition) is 0. The van der Waals surface area contributed by atoms with Gasteiger partial charge in [0.05, 0.1) is 40.5 Å². The van der Waals surface area contributed by atoms with Gasteiger partial charge in [-0.2, -0.15) is 0 Å². The highest BCUT2D eigenvalue weighted by atomic mass is 31.2. The van der Waals surface area contributed by atoms with Crippen LogP contribution in [0.25, 0.3) is 0 Å². The molecule has 0 aromatic rings. The lowest BCUT2D eigenvalue weighted by Crippen LogP contribution is -2.38. The predicted molar refractivity (Wildman–Crippen MR) is 221 cm³/mol. The SMILES string of the molecule is CCCCCC=CCC=CCCCCCCCC(=O)OCC(COP(=O)([O-])CC[N+](C)(C)C)OC(=O)CCCCCCCC=CCC=CCCCCC. The molecule has 2 unspecified atom stereocenters. The standard InChI is InChI=1S/C44H80NO7P/c1-6-8-10-12-14-16-18-20-22-24-26-28-30-32-34-36-43(46)50-40-42(41-51-53(48,49)39-38-45(3,4)5)52-44(47)37-35-33-31-29-27-25-23-21-19-17-15-13-11-9-7-2/h14-17,20-23,42H,6-13,18-19,24-41H2,1-5H3. The number of unbranched alkanes of at least 4 members (excludes halogenated alkanes) is 16. The molecule has 53 heavy (non-hydrogen) atoms. The minimum atomic E-state index is -4.15. The van der Waals surface area contributed by atoms with Crippen LogP contribution < -0.4 is 4.89 Å². The molecule has 8 nitrogen and oxygen atoms in total. The third-order valence-electron chi connectivity index (χ3n) is 8.89. The van der Waals surface area contributed by atoms with E-state index >= 15 is 0 Å². The summed E-state index contributed by atoms with van der Waals surface area (Å²) in [5.74, 6) is -0.804. The van der Waals surface area contributed by atoms with Gasteiger partial charge in [-0.25, -0.2) is 0 Å². The molecule has 0 radical (unpaired) electrons. The van der Waals surface area contributed by atoms with Crippen LogP contribution in [0.4, 0.5) is 0 Å². The minimum Gasteiger partial charge on any atom is -0.778 e. The van der Waals surface area contributed by atoms with Crippen molar-refractivity contribution in [3.05, 3.63) is 48.6 Å². The van der Waals surface area contributed by atoms with Crippen LogP contribution >= 0.6 is 7.60 Å². The van der Waals surface area contributed by atoms with Crippen LogP contribution in [-0.2, 0) is 28.2 Å². The number of carbonyl (C=O) groups excluding carboxylic acids is 2. The smallest absolute Gasteiger partial charge is 0.306 e. The fourth-order valence-corrected chi connectivity index (χ4v) is 6.83. The first-order valence-corrected chi connectivity index (χ1v) is 22.9. The minimum absolute atomic E-state index is 0.129. The second-order valence-electron chi connectivity index (χ2n) is 15.4. The number of esters is 2. The van der Waals surface area contributed by atoms with Gasteiger partial charge in [0.25, 0.3) is 0 Å². The maximum Gasteiger partial charge on any atom is 0.306 e. The number of hydrogen-bond acceptors (Lipinski definition) is 7. The summed E-state index contributed by atoms with van der Waals surface area (Å²) < 4.78 is 29.2. The Morgan fingerprint density at radius 2 is 1.00 bits per heavy atom. The molecule has 9 heteroatoms. The van der Waals surface area contributed by atoms with Crippen LogP contribution in [0.3, 0.4) is 0 Å². The lowest BCUT2D eigenvalue weighted by Gasteiger charge is -2.30. The van der Waals surface area contributed by atoms with E-state index in [2.05, 4.69) is 62.5 Å². The zero-order chi connectivity index (χ0) is 39.3. The summed E-state index contributed by atoms with van der Waals surface area (Å²) >= 11 is 0. The highest BCUT2D eigenvalue weighted by molar-refractivity contribution is 7.51. The number of ether oxygens (including phenoxy) is 2. The van der Waals surface area contributed by atoms with E-state index < -0.39 is 19.7 Å². The fraction of sp³-hybridized carbons (Fsp3) is 0.773. The van der Waals surface area contributed by atoms with E-state index in [0.29, 0.717) is 17.4 Å². The molecule has 308 valence electrons. The Labute approximate surface area is 326 Å². The van der Waals surface area contributed by atoms with E-state index in [1.807, 2.05) is 21.1 Å². The number of allylic oxidation sites excluding steroid dienone is 8. The number of carbonyl (C=O) groups is 2. The molecule has 0 fully saturated rings. The first kappa shape index (κ1) is 51.0. The largest absolute Gasteiger partial charge is 0.778 e. The van der Waals surface area contributed by atoms with Crippen molar-refractivity contribution >= 4 is 19.5 Å². The van der Waals surface area contributed by atoms with E-state index in [4.69, 9.17) is 14.0 Å². The zero-order valence-corrected chi connectivity index (χ0v) is 35.6. The molecule has 2 atom stereocenters. The Morgan fingerprint density at radius 3 is 1.45 bits per heavy atom. The maximum absolute atomic E-state index is 12.7. The molecule has 0 aromatic heterocycles. The molecule has 0 bridgehead atoms. The van der Waals surface area contributed by atoms with Crippen molar-refractivity contribution in [2.75, 3.05) is 47.1 Å². The third-order valence-corrected chi connectivity index (χ3v) is 10.2. The Kier molecular flexibility index (Phi) is 34.4. The highest BCUT2D eigenvalue weighted by Gasteiger charge is 2.22. The second-order valence-corrected chi connectivity index (χ2v) is 17.3. The molecule has 0 rings (SSSR count). The Morgan fingerprint density at radius 1 is 0.585 bits per heavy atom. The summed E-state index contributed by atoms with van der Waals surface area (Å²) in [5.41, 5.74) is 0. The van der Waals surface area contributed by atoms with Gasteiger partial charge >= 0.3 is 11.9 Å². The predicted octanol–water partition coefficient (Wildman–Crippen LogP) is 11.3. The molecule has 0 aromatic carbocycles. The summed E-state index contributed by atoms with van der Waals surface area (Å²) in [4.78, 5) is 37.7. The molecular formula is C44H80NO7P. The van der Waals surface area contributed by atoms with Crippen molar-refractivity contribution in [1.29, 1.82) is 0 Å². The molecule has 0 aliphatic rings. The van der Waals surface area contributed by atoms with Gasteiger partial charge in [0, 0.05) is 12.8 Å². The van der Waals surface area contributed by atoms with Gasteiger partial charge in [0.2, 0.25) is 0 Å². The Balaban J connectivity index is 4.40. The van der Waals surface area contributed by atoms with E-state index in [0.717, 1.165) is 83.5 Å². The fourth-order valence-electron chi connectivity index (χ4n) is 5.46. The van der Waals surface area contributed by atoms with Gasteiger partial charge in [-0.3, -0.25) is 9.59 Å². The van der Waals surface area contributed by atoms with Crippen LogP contribution in [0.2, 0.25) is 0 Å². The number of quaternary nitrogens is 1. The summed E-state index contributed by atoms with van der Waals surface area (Å²) in [6, 6.07) is 0. The Hall–Kier alpha value is -1.99. The molecule has 0 saturated carbocycles. The molecule has 0 N–H and O–H groups in total. The van der Waals surface area contributed by atoms with Gasteiger partial charge in [-0.15, -0.1) is 0 Å². The molecule has 0 aliphatic carbocycles. The first-order valence-electron chi connectivity index (χ1n) is 21.2. The third kappa shape index (κ3) is 39.5. The quantitative estimate of drug-likeness (QED) is 0.0204. The normalized spacial score (nSPS) is 14.2. The average Bonchev–Trinajstić information content (AvgIpc) is 3.11. The van der Waals surface area contributed by atoms with Crippen molar-refractivity contribution in [2.45, 2.75) is 174 Å². The molecule has 0 amide bonds. The van der Waals surface area contributed by atoms with Gasteiger partial charge in [0.15, 0.2) is 6.10 Å². The van der Waals surface area contributed by atoms with Gasteiger partial charge in [-0.1, -0.05) is 127 Å². The van der Waals surface area contributed by atoms with Gasteiger partial charge < -0.3 is 27.9 Å². The van der Waals surface area contributed by atoms with Crippen molar-refractivity contribution < 1.29 is 37.5 Å². The second kappa shape index (κ2) is 35.7. The van der Waals surface area contributed by atoms with Crippen molar-refractivity contribution in [3.8, 4) is 0 Å². The van der Waals surface area contributed by atoms with Crippen LogP contribution in [0, 0.1) is 0 Å². The van der Waals surface area contributed by atoms with Crippen molar-refractivity contribution in [3.63, 3.8) is 0 Å². The summed E-state index contributed by atoms with van der Waals surface area (Å²) in [6.07, 6.45) is 41.5. The topological polar surface area (TPSA) is 102 Å².